The largest absolute Gasteiger partial charge is 0.348 e. The Kier molecular flexibility index (Phi) is 4.19. The summed E-state index contributed by atoms with van der Waals surface area (Å²) in [5.74, 6) is -0.516. The number of rotatable bonds is 2. The minimum absolute atomic E-state index is 0.0274. The Morgan fingerprint density at radius 1 is 1.23 bits per heavy atom. The van der Waals surface area contributed by atoms with Crippen molar-refractivity contribution in [2.45, 2.75) is 0 Å². The Morgan fingerprint density at radius 3 is 2.85 bits per heavy atom. The van der Waals surface area contributed by atoms with E-state index in [1.165, 1.54) is 17.5 Å². The van der Waals surface area contributed by atoms with Crippen LogP contribution in [0.3, 0.4) is 0 Å². The SMILES string of the molecule is Cn1cc(C(=O)Nc2nc3ccc(Cl)cc3s2)c(=O)c2cccc(Cl)c21. The Bertz CT molecular complexity index is 1250. The molecule has 8 heteroatoms. The van der Waals surface area contributed by atoms with E-state index in [4.69, 9.17) is 23.2 Å². The van der Waals surface area contributed by atoms with E-state index in [-0.39, 0.29) is 11.0 Å². The van der Waals surface area contributed by atoms with Gasteiger partial charge in [-0.1, -0.05) is 40.6 Å². The normalized spacial score (nSPS) is 11.2. The summed E-state index contributed by atoms with van der Waals surface area (Å²) in [6.07, 6.45) is 1.48. The van der Waals surface area contributed by atoms with Crippen LogP contribution in [0.2, 0.25) is 10.0 Å². The highest BCUT2D eigenvalue weighted by Crippen LogP contribution is 2.28. The van der Waals surface area contributed by atoms with Gasteiger partial charge in [0, 0.05) is 23.7 Å². The number of halogens is 2. The molecule has 0 unspecified atom stereocenters. The molecule has 5 nitrogen and oxygen atoms in total. The Balaban J connectivity index is 1.76. The maximum absolute atomic E-state index is 12.7. The van der Waals surface area contributed by atoms with Gasteiger partial charge in [-0.05, 0) is 30.3 Å². The third-order valence-electron chi connectivity index (χ3n) is 3.97. The molecule has 0 radical (unpaired) electrons. The Labute approximate surface area is 161 Å². The van der Waals surface area contributed by atoms with Crippen LogP contribution >= 0.6 is 34.5 Å². The van der Waals surface area contributed by atoms with Crippen LogP contribution in [0.15, 0.2) is 47.4 Å². The molecule has 0 aliphatic rings. The first-order valence-electron chi connectivity index (χ1n) is 7.59. The molecule has 0 bridgehead atoms. The predicted molar refractivity (Wildman–Crippen MR) is 107 cm³/mol. The van der Waals surface area contributed by atoms with E-state index >= 15 is 0 Å². The zero-order chi connectivity index (χ0) is 18.4. The van der Waals surface area contributed by atoms with Gasteiger partial charge in [-0.25, -0.2) is 4.98 Å². The molecule has 4 aromatic rings. The molecule has 130 valence electrons. The number of para-hydroxylation sites is 1. The molecule has 0 fully saturated rings. The lowest BCUT2D eigenvalue weighted by atomic mass is 10.1. The summed E-state index contributed by atoms with van der Waals surface area (Å²) in [5.41, 5.74) is 0.972. The maximum atomic E-state index is 12.7. The summed E-state index contributed by atoms with van der Waals surface area (Å²) in [5, 5.41) is 4.54. The lowest BCUT2D eigenvalue weighted by Gasteiger charge is -2.09. The molecule has 2 aromatic carbocycles. The lowest BCUT2D eigenvalue weighted by Crippen LogP contribution is -2.23. The van der Waals surface area contributed by atoms with Gasteiger partial charge in [-0.15, -0.1) is 0 Å². The van der Waals surface area contributed by atoms with Crippen molar-refractivity contribution in [2.75, 3.05) is 5.32 Å². The first kappa shape index (κ1) is 17.0. The van der Waals surface area contributed by atoms with Crippen molar-refractivity contribution >= 4 is 66.7 Å². The third-order valence-corrected chi connectivity index (χ3v) is 5.44. The molecule has 0 aliphatic heterocycles. The number of carbonyl (C=O) groups excluding carboxylic acids is 1. The highest BCUT2D eigenvalue weighted by atomic mass is 35.5. The number of anilines is 1. The van der Waals surface area contributed by atoms with E-state index in [2.05, 4.69) is 10.3 Å². The summed E-state index contributed by atoms with van der Waals surface area (Å²) in [6, 6.07) is 10.3. The summed E-state index contributed by atoms with van der Waals surface area (Å²) < 4.78 is 2.53. The number of benzene rings is 2. The highest BCUT2D eigenvalue weighted by molar-refractivity contribution is 7.22. The Morgan fingerprint density at radius 2 is 2.04 bits per heavy atom. The van der Waals surface area contributed by atoms with Gasteiger partial charge in [0.2, 0.25) is 5.43 Å². The van der Waals surface area contributed by atoms with Gasteiger partial charge < -0.3 is 4.57 Å². The lowest BCUT2D eigenvalue weighted by molar-refractivity contribution is 0.102. The van der Waals surface area contributed by atoms with E-state index in [1.807, 2.05) is 0 Å². The van der Waals surface area contributed by atoms with Gasteiger partial charge in [0.25, 0.3) is 5.91 Å². The van der Waals surface area contributed by atoms with E-state index < -0.39 is 5.91 Å². The van der Waals surface area contributed by atoms with Crippen LogP contribution in [0, 0.1) is 0 Å². The van der Waals surface area contributed by atoms with E-state index in [1.54, 1.807) is 48.0 Å². The minimum Gasteiger partial charge on any atom is -0.348 e. The number of pyridine rings is 1. The smallest absolute Gasteiger partial charge is 0.262 e. The fourth-order valence-corrected chi connectivity index (χ4v) is 4.24. The third kappa shape index (κ3) is 2.86. The molecule has 0 spiro atoms. The molecule has 0 atom stereocenters. The minimum atomic E-state index is -0.516. The van der Waals surface area contributed by atoms with E-state index in [0.29, 0.717) is 26.1 Å². The number of nitrogens with one attached hydrogen (secondary N) is 1. The fraction of sp³-hybridized carbons (Fsp3) is 0.0556. The number of aryl methyl sites for hydroxylation is 1. The first-order valence-corrected chi connectivity index (χ1v) is 9.16. The molecule has 2 heterocycles. The quantitative estimate of drug-likeness (QED) is 0.527. The van der Waals surface area contributed by atoms with Gasteiger partial charge in [-0.2, -0.15) is 0 Å². The van der Waals surface area contributed by atoms with Crippen molar-refractivity contribution in [2.24, 2.45) is 7.05 Å². The van der Waals surface area contributed by atoms with Crippen LogP contribution in [-0.2, 0) is 7.05 Å². The fourth-order valence-electron chi connectivity index (χ4n) is 2.80. The molecular formula is C18H11Cl2N3O2S. The average Bonchev–Trinajstić information content (AvgIpc) is 2.99. The van der Waals surface area contributed by atoms with Crippen molar-refractivity contribution in [3.8, 4) is 0 Å². The monoisotopic (exact) mass is 403 g/mol. The summed E-state index contributed by atoms with van der Waals surface area (Å²) in [7, 11) is 1.74. The highest BCUT2D eigenvalue weighted by Gasteiger charge is 2.17. The molecule has 4 rings (SSSR count). The Hall–Kier alpha value is -2.41. The van der Waals surface area contributed by atoms with Crippen molar-refractivity contribution in [1.29, 1.82) is 0 Å². The van der Waals surface area contributed by atoms with Crippen LogP contribution in [-0.4, -0.2) is 15.5 Å². The van der Waals surface area contributed by atoms with E-state index in [0.717, 1.165) is 10.2 Å². The maximum Gasteiger partial charge on any atom is 0.262 e. The van der Waals surface area contributed by atoms with Crippen LogP contribution in [0.1, 0.15) is 10.4 Å². The molecule has 2 aromatic heterocycles. The molecule has 26 heavy (non-hydrogen) atoms. The molecule has 0 saturated heterocycles. The van der Waals surface area contributed by atoms with Crippen LogP contribution < -0.4 is 10.7 Å². The summed E-state index contributed by atoms with van der Waals surface area (Å²) in [4.78, 5) is 29.7. The number of amides is 1. The van der Waals surface area contributed by atoms with Crippen LogP contribution in [0.25, 0.3) is 21.1 Å². The number of hydrogen-bond acceptors (Lipinski definition) is 4. The average molecular weight is 404 g/mol. The summed E-state index contributed by atoms with van der Waals surface area (Å²) in [6.45, 7) is 0. The van der Waals surface area contributed by atoms with Crippen molar-refractivity contribution < 1.29 is 4.79 Å². The van der Waals surface area contributed by atoms with Gasteiger partial charge in [0.05, 0.1) is 20.8 Å². The molecule has 1 amide bonds. The molecular weight excluding hydrogens is 393 g/mol. The topological polar surface area (TPSA) is 64.0 Å². The number of thiazole rings is 1. The summed E-state index contributed by atoms with van der Waals surface area (Å²) >= 11 is 13.4. The van der Waals surface area contributed by atoms with Gasteiger partial charge in [0.1, 0.15) is 5.56 Å². The van der Waals surface area contributed by atoms with Crippen LogP contribution in [0.5, 0.6) is 0 Å². The number of fused-ring (bicyclic) bond motifs is 2. The van der Waals surface area contributed by atoms with Gasteiger partial charge in [0.15, 0.2) is 5.13 Å². The van der Waals surface area contributed by atoms with Gasteiger partial charge in [-0.3, -0.25) is 14.9 Å². The zero-order valence-electron chi connectivity index (χ0n) is 13.4. The standard InChI is InChI=1S/C18H11Cl2N3O2S/c1-23-8-11(16(24)10-3-2-4-12(20)15(10)23)17(25)22-18-21-13-6-5-9(19)7-14(13)26-18/h2-8H,1H3,(H,21,22,25). The first-order chi connectivity index (χ1) is 12.4. The van der Waals surface area contributed by atoms with Crippen LogP contribution in [0.4, 0.5) is 5.13 Å². The van der Waals surface area contributed by atoms with Gasteiger partial charge >= 0.3 is 0 Å². The number of nitrogens with zero attached hydrogens (tertiary/aromatic N) is 2. The zero-order valence-corrected chi connectivity index (χ0v) is 15.7. The van der Waals surface area contributed by atoms with Crippen molar-refractivity contribution in [3.63, 3.8) is 0 Å². The van der Waals surface area contributed by atoms with Crippen molar-refractivity contribution in [1.82, 2.24) is 9.55 Å². The number of carbonyl (C=O) groups is 1. The second kappa shape index (κ2) is 6.39. The molecule has 1 N–H and O–H groups in total. The number of aromatic nitrogens is 2. The van der Waals surface area contributed by atoms with E-state index in [9.17, 15) is 9.59 Å². The molecule has 0 saturated carbocycles. The van der Waals surface area contributed by atoms with Crippen molar-refractivity contribution in [3.05, 3.63) is 68.4 Å². The number of hydrogen-bond donors (Lipinski definition) is 1. The molecule has 0 aliphatic carbocycles. The second-order valence-corrected chi connectivity index (χ2v) is 7.58. The predicted octanol–water partition coefficient (Wildman–Crippen LogP) is 4.71. The second-order valence-electron chi connectivity index (χ2n) is 5.70.